The van der Waals surface area contributed by atoms with Crippen molar-refractivity contribution in [3.05, 3.63) is 71.8 Å². The fourth-order valence-electron chi connectivity index (χ4n) is 6.90. The molecule has 4 aliphatic rings. The highest BCUT2D eigenvalue weighted by molar-refractivity contribution is 7.95. The first-order valence-corrected chi connectivity index (χ1v) is 17.2. The second kappa shape index (κ2) is 11.1. The molecule has 4 aliphatic heterocycles. The van der Waals surface area contributed by atoms with Crippen molar-refractivity contribution in [1.29, 1.82) is 0 Å². The second-order valence-corrected chi connectivity index (χ2v) is 17.4. The fraction of sp³-hybridized carbons (Fsp3) is 0.600. The number of rotatable bonds is 4. The molecule has 4 atom stereocenters. The first kappa shape index (κ1) is 29.7. The van der Waals surface area contributed by atoms with Crippen molar-refractivity contribution >= 4 is 19.7 Å². The van der Waals surface area contributed by atoms with Gasteiger partial charge in [-0.25, -0.2) is 16.8 Å². The van der Waals surface area contributed by atoms with Crippen LogP contribution in [0.15, 0.2) is 60.7 Å². The highest BCUT2D eigenvalue weighted by Crippen LogP contribution is 2.53. The molecule has 8 nitrogen and oxygen atoms in total. The van der Waals surface area contributed by atoms with E-state index < -0.39 is 39.7 Å². The lowest BCUT2D eigenvalue weighted by atomic mass is 9.91. The summed E-state index contributed by atoms with van der Waals surface area (Å²) in [6, 6.07) is 19.2. The Hall–Kier alpha value is -1.82. The van der Waals surface area contributed by atoms with E-state index in [1.54, 1.807) is 0 Å². The number of hydrogen-bond acceptors (Lipinski definition) is 8. The van der Waals surface area contributed by atoms with Gasteiger partial charge in [0.15, 0.2) is 19.7 Å². The molecule has 4 heterocycles. The molecule has 40 heavy (non-hydrogen) atoms. The largest absolute Gasteiger partial charge is 0.379 e. The zero-order valence-corrected chi connectivity index (χ0v) is 25.5. The molecule has 2 aromatic rings. The van der Waals surface area contributed by atoms with Crippen molar-refractivity contribution in [2.24, 2.45) is 0 Å². The zero-order valence-electron chi connectivity index (χ0n) is 23.9. The summed E-state index contributed by atoms with van der Waals surface area (Å²) in [6.45, 7) is 13.4. The van der Waals surface area contributed by atoms with E-state index in [1.165, 1.54) is 0 Å². The lowest BCUT2D eigenvalue weighted by Crippen LogP contribution is -2.69. The molecular formula is C30H42N2O6S2. The number of hydrogen-bond donors (Lipinski definition) is 0. The number of sulfone groups is 2. The fourth-order valence-corrected chi connectivity index (χ4v) is 11.7. The smallest absolute Gasteiger partial charge is 0.165 e. The molecular weight excluding hydrogens is 548 g/mol. The van der Waals surface area contributed by atoms with Gasteiger partial charge in [0.25, 0.3) is 0 Å². The minimum absolute atomic E-state index is 0.0406. The van der Waals surface area contributed by atoms with E-state index in [0.717, 1.165) is 37.3 Å². The third-order valence-corrected chi connectivity index (χ3v) is 15.1. The van der Waals surface area contributed by atoms with Crippen molar-refractivity contribution in [2.45, 2.75) is 59.8 Å². The van der Waals surface area contributed by atoms with E-state index in [2.05, 4.69) is 9.80 Å². The van der Waals surface area contributed by atoms with Crippen LogP contribution in [0.25, 0.3) is 0 Å². The molecule has 2 aromatic carbocycles. The molecule has 0 N–H and O–H groups in total. The molecule has 4 saturated heterocycles. The van der Waals surface area contributed by atoms with Crippen LogP contribution >= 0.6 is 0 Å². The Morgan fingerprint density at radius 2 is 0.875 bits per heavy atom. The molecule has 220 valence electrons. The van der Waals surface area contributed by atoms with E-state index in [0.29, 0.717) is 26.4 Å². The second-order valence-electron chi connectivity index (χ2n) is 12.1. The van der Waals surface area contributed by atoms with Crippen molar-refractivity contribution in [1.82, 2.24) is 9.80 Å². The Morgan fingerprint density at radius 1 is 0.575 bits per heavy atom. The van der Waals surface area contributed by atoms with Gasteiger partial charge in [-0.2, -0.15) is 0 Å². The van der Waals surface area contributed by atoms with Crippen LogP contribution < -0.4 is 0 Å². The van der Waals surface area contributed by atoms with Gasteiger partial charge in [0.2, 0.25) is 0 Å². The summed E-state index contributed by atoms with van der Waals surface area (Å²) < 4.78 is 60.1. The van der Waals surface area contributed by atoms with E-state index >= 15 is 0 Å². The molecule has 0 bridgehead atoms. The molecule has 6 rings (SSSR count). The Morgan fingerprint density at radius 3 is 1.18 bits per heavy atom. The topological polar surface area (TPSA) is 93.2 Å². The SMILES string of the molecule is CC1(C)C(N2CCOCC2)C(c2ccccc2)S1(=O)=O.CC1(C)C(N2CCOCC2)C(c2ccccc2)S1(=O)=O. The minimum atomic E-state index is -3.13. The van der Waals surface area contributed by atoms with Gasteiger partial charge in [0, 0.05) is 38.3 Å². The Kier molecular flexibility index (Phi) is 8.24. The van der Waals surface area contributed by atoms with Crippen LogP contribution in [0.2, 0.25) is 0 Å². The van der Waals surface area contributed by atoms with Crippen LogP contribution in [0.3, 0.4) is 0 Å². The predicted molar refractivity (Wildman–Crippen MR) is 157 cm³/mol. The van der Waals surface area contributed by atoms with Crippen molar-refractivity contribution in [3.8, 4) is 0 Å². The third-order valence-electron chi connectivity index (χ3n) is 9.27. The van der Waals surface area contributed by atoms with E-state index in [9.17, 15) is 16.8 Å². The molecule has 4 unspecified atom stereocenters. The number of morpholine rings is 2. The van der Waals surface area contributed by atoms with Crippen molar-refractivity contribution < 1.29 is 26.3 Å². The number of benzene rings is 2. The zero-order chi connectivity index (χ0) is 28.8. The molecule has 0 radical (unpaired) electrons. The molecule has 0 saturated carbocycles. The summed E-state index contributed by atoms with van der Waals surface area (Å²) in [5.74, 6) is 0. The molecule has 0 amide bonds. The summed E-state index contributed by atoms with van der Waals surface area (Å²) in [4.78, 5) is 4.56. The number of ether oxygens (including phenoxy) is 2. The molecule has 4 fully saturated rings. The maximum absolute atomic E-state index is 12.7. The van der Waals surface area contributed by atoms with Gasteiger partial charge in [-0.05, 0) is 38.8 Å². The Labute approximate surface area is 239 Å². The van der Waals surface area contributed by atoms with Crippen molar-refractivity contribution in [3.63, 3.8) is 0 Å². The first-order valence-electron chi connectivity index (χ1n) is 14.1. The number of nitrogens with zero attached hydrogens (tertiary/aromatic N) is 2. The standard InChI is InChI=1S/2C15H21NO3S/c2*1-15(2)14(16-8-10-19-11-9-16)13(20(15,17)18)12-6-4-3-5-7-12/h2*3-7,13-14H,8-11H2,1-2H3. The Balaban J connectivity index is 0.000000161. The van der Waals surface area contributed by atoms with Crippen LogP contribution in [-0.2, 0) is 29.1 Å². The van der Waals surface area contributed by atoms with Gasteiger partial charge in [-0.15, -0.1) is 0 Å². The molecule has 0 spiro atoms. The van der Waals surface area contributed by atoms with Crippen LogP contribution in [0.1, 0.15) is 49.3 Å². The average Bonchev–Trinajstić information content (AvgIpc) is 2.96. The highest BCUT2D eigenvalue weighted by Gasteiger charge is 2.65. The predicted octanol–water partition coefficient (Wildman–Crippen LogP) is 3.27. The van der Waals surface area contributed by atoms with Crippen LogP contribution in [0, 0.1) is 0 Å². The van der Waals surface area contributed by atoms with Gasteiger partial charge in [0.05, 0.1) is 35.9 Å². The Bertz CT molecular complexity index is 1260. The summed E-state index contributed by atoms with van der Waals surface area (Å²) in [5.41, 5.74) is 1.81. The van der Waals surface area contributed by atoms with E-state index in [4.69, 9.17) is 9.47 Å². The summed E-state index contributed by atoms with van der Waals surface area (Å²) in [7, 11) is -6.27. The monoisotopic (exact) mass is 590 g/mol. The minimum Gasteiger partial charge on any atom is -0.379 e. The van der Waals surface area contributed by atoms with Gasteiger partial charge in [-0.3, -0.25) is 9.80 Å². The van der Waals surface area contributed by atoms with Crippen molar-refractivity contribution in [2.75, 3.05) is 52.6 Å². The maximum atomic E-state index is 12.7. The summed E-state index contributed by atoms with van der Waals surface area (Å²) in [6.07, 6.45) is 0. The highest BCUT2D eigenvalue weighted by atomic mass is 32.2. The molecule has 0 aliphatic carbocycles. The van der Waals surface area contributed by atoms with Gasteiger partial charge < -0.3 is 9.47 Å². The summed E-state index contributed by atoms with van der Waals surface area (Å²) >= 11 is 0. The average molecular weight is 591 g/mol. The van der Waals surface area contributed by atoms with Gasteiger partial charge in [-0.1, -0.05) is 60.7 Å². The molecule has 10 heteroatoms. The van der Waals surface area contributed by atoms with Crippen LogP contribution in [0.5, 0.6) is 0 Å². The van der Waals surface area contributed by atoms with Gasteiger partial charge in [0.1, 0.15) is 10.5 Å². The maximum Gasteiger partial charge on any atom is 0.165 e. The lowest BCUT2D eigenvalue weighted by molar-refractivity contribution is 0.00120. The normalized spacial score (nSPS) is 32.5. The quantitative estimate of drug-likeness (QED) is 0.536. The van der Waals surface area contributed by atoms with Crippen LogP contribution in [0.4, 0.5) is 0 Å². The van der Waals surface area contributed by atoms with Gasteiger partial charge >= 0.3 is 0 Å². The van der Waals surface area contributed by atoms with Crippen LogP contribution in [-0.4, -0.2) is 101 Å². The first-order chi connectivity index (χ1) is 18.9. The third kappa shape index (κ3) is 4.84. The van der Waals surface area contributed by atoms with E-state index in [1.807, 2.05) is 88.4 Å². The summed E-state index contributed by atoms with van der Waals surface area (Å²) in [5, 5.41) is -0.811. The lowest BCUT2D eigenvalue weighted by Gasteiger charge is -2.55. The molecule has 0 aromatic heterocycles. The van der Waals surface area contributed by atoms with E-state index in [-0.39, 0.29) is 12.1 Å².